The molecule has 1 heterocycles. The molecule has 0 saturated carbocycles. The van der Waals surface area contributed by atoms with Crippen molar-refractivity contribution in [2.45, 2.75) is 71.1 Å². The Labute approximate surface area is 146 Å². The molecule has 132 valence electrons. The number of hydrogen-bond acceptors (Lipinski definition) is 4. The Balaban J connectivity index is 2.45. The average molecular weight is 330 g/mol. The summed E-state index contributed by atoms with van der Waals surface area (Å²) in [5.74, 6) is 0.785. The van der Waals surface area contributed by atoms with Crippen molar-refractivity contribution in [3.05, 3.63) is 29.3 Å². The van der Waals surface area contributed by atoms with E-state index in [4.69, 9.17) is 4.74 Å². The van der Waals surface area contributed by atoms with Gasteiger partial charge >= 0.3 is 0 Å². The molecule has 0 saturated heterocycles. The van der Waals surface area contributed by atoms with Crippen LogP contribution in [0.4, 0.5) is 0 Å². The van der Waals surface area contributed by atoms with Gasteiger partial charge in [-0.2, -0.15) is 5.26 Å². The van der Waals surface area contributed by atoms with Crippen LogP contribution in [-0.2, 0) is 0 Å². The fourth-order valence-corrected chi connectivity index (χ4v) is 3.34. The first kappa shape index (κ1) is 18.8. The SMILES string of the molecule is CCCCN(CCCC)[C@H]1c2cc(C#N)ccc2OC(C)(C)[C@@H]1O. The highest BCUT2D eigenvalue weighted by Gasteiger charge is 2.45. The highest BCUT2D eigenvalue weighted by molar-refractivity contribution is 5.46. The normalized spacial score (nSPS) is 21.9. The van der Waals surface area contributed by atoms with E-state index in [2.05, 4.69) is 24.8 Å². The van der Waals surface area contributed by atoms with Crippen LogP contribution in [0.2, 0.25) is 0 Å². The van der Waals surface area contributed by atoms with Crippen LogP contribution >= 0.6 is 0 Å². The summed E-state index contributed by atoms with van der Waals surface area (Å²) < 4.78 is 6.03. The average Bonchev–Trinajstić information content (AvgIpc) is 2.56. The molecule has 0 unspecified atom stereocenters. The van der Waals surface area contributed by atoms with Gasteiger partial charge in [-0.25, -0.2) is 0 Å². The molecular formula is C20H30N2O2. The minimum atomic E-state index is -0.650. The predicted molar refractivity (Wildman–Crippen MR) is 96.0 cm³/mol. The maximum Gasteiger partial charge on any atom is 0.131 e. The Hall–Kier alpha value is -1.57. The topological polar surface area (TPSA) is 56.5 Å². The number of nitrogens with zero attached hydrogens (tertiary/aromatic N) is 2. The Morgan fingerprint density at radius 2 is 1.83 bits per heavy atom. The smallest absolute Gasteiger partial charge is 0.131 e. The van der Waals surface area contributed by atoms with E-state index >= 15 is 0 Å². The number of aliphatic hydroxyl groups excluding tert-OH is 1. The van der Waals surface area contributed by atoms with Gasteiger partial charge in [0, 0.05) is 5.56 Å². The summed E-state index contributed by atoms with van der Waals surface area (Å²) in [5.41, 5.74) is 0.899. The molecule has 0 fully saturated rings. The molecular weight excluding hydrogens is 300 g/mol. The van der Waals surface area contributed by atoms with E-state index in [1.54, 1.807) is 6.07 Å². The molecule has 1 aromatic rings. The fraction of sp³-hybridized carbons (Fsp3) is 0.650. The van der Waals surface area contributed by atoms with E-state index in [9.17, 15) is 10.4 Å². The molecule has 1 aliphatic heterocycles. The highest BCUT2D eigenvalue weighted by atomic mass is 16.5. The molecule has 1 aromatic carbocycles. The van der Waals surface area contributed by atoms with Crippen molar-refractivity contribution in [1.82, 2.24) is 4.90 Å². The lowest BCUT2D eigenvalue weighted by atomic mass is 9.84. The first-order valence-electron chi connectivity index (χ1n) is 9.09. The van der Waals surface area contributed by atoms with Gasteiger partial charge in [-0.3, -0.25) is 4.90 Å². The van der Waals surface area contributed by atoms with Crippen LogP contribution < -0.4 is 4.74 Å². The van der Waals surface area contributed by atoms with Gasteiger partial charge in [0.15, 0.2) is 0 Å². The third-order valence-electron chi connectivity index (χ3n) is 4.83. The van der Waals surface area contributed by atoms with Gasteiger partial charge in [0.2, 0.25) is 0 Å². The van der Waals surface area contributed by atoms with E-state index in [-0.39, 0.29) is 6.04 Å². The van der Waals surface area contributed by atoms with Crippen molar-refractivity contribution < 1.29 is 9.84 Å². The molecule has 2 rings (SSSR count). The number of fused-ring (bicyclic) bond motifs is 1. The number of hydrogen-bond donors (Lipinski definition) is 1. The Kier molecular flexibility index (Phi) is 6.26. The van der Waals surface area contributed by atoms with Gasteiger partial charge in [0.05, 0.1) is 17.7 Å². The van der Waals surface area contributed by atoms with Crippen molar-refractivity contribution in [2.24, 2.45) is 0 Å². The number of aliphatic hydroxyl groups is 1. The molecule has 0 aromatic heterocycles. The summed E-state index contributed by atoms with van der Waals surface area (Å²) in [4.78, 5) is 2.38. The summed E-state index contributed by atoms with van der Waals surface area (Å²) in [5, 5.41) is 20.3. The number of nitriles is 1. The molecule has 4 heteroatoms. The molecule has 4 nitrogen and oxygen atoms in total. The van der Waals surface area contributed by atoms with Gasteiger partial charge in [-0.1, -0.05) is 26.7 Å². The number of benzene rings is 1. The highest BCUT2D eigenvalue weighted by Crippen LogP contribution is 2.43. The lowest BCUT2D eigenvalue weighted by molar-refractivity contribution is -0.0938. The van der Waals surface area contributed by atoms with Crippen LogP contribution in [0.5, 0.6) is 5.75 Å². The van der Waals surface area contributed by atoms with Crippen LogP contribution in [0.1, 0.15) is 70.5 Å². The second-order valence-electron chi connectivity index (χ2n) is 7.20. The van der Waals surface area contributed by atoms with E-state index in [1.165, 1.54) is 0 Å². The summed E-state index contributed by atoms with van der Waals surface area (Å²) >= 11 is 0. The first-order chi connectivity index (χ1) is 11.4. The third kappa shape index (κ3) is 3.91. The van der Waals surface area contributed by atoms with Crippen molar-refractivity contribution in [1.29, 1.82) is 5.26 Å². The Morgan fingerprint density at radius 3 is 2.38 bits per heavy atom. The Morgan fingerprint density at radius 1 is 1.21 bits per heavy atom. The zero-order chi connectivity index (χ0) is 17.7. The lowest BCUT2D eigenvalue weighted by Crippen LogP contribution is -2.54. The number of ether oxygens (including phenoxy) is 1. The molecule has 2 atom stereocenters. The molecule has 0 amide bonds. The van der Waals surface area contributed by atoms with Crippen LogP contribution in [0.15, 0.2) is 18.2 Å². The lowest BCUT2D eigenvalue weighted by Gasteiger charge is -2.46. The maximum atomic E-state index is 11.0. The van der Waals surface area contributed by atoms with E-state index in [1.807, 2.05) is 26.0 Å². The molecule has 0 bridgehead atoms. The molecule has 1 aliphatic rings. The second kappa shape index (κ2) is 8.00. The van der Waals surface area contributed by atoms with Crippen molar-refractivity contribution in [3.63, 3.8) is 0 Å². The van der Waals surface area contributed by atoms with Crippen LogP contribution in [-0.4, -0.2) is 34.8 Å². The molecule has 0 aliphatic carbocycles. The van der Waals surface area contributed by atoms with Gasteiger partial charge in [-0.05, 0) is 58.0 Å². The van der Waals surface area contributed by atoms with Crippen molar-refractivity contribution >= 4 is 0 Å². The van der Waals surface area contributed by atoms with E-state index < -0.39 is 11.7 Å². The summed E-state index contributed by atoms with van der Waals surface area (Å²) in [6.45, 7) is 10.1. The largest absolute Gasteiger partial charge is 0.485 e. The zero-order valence-electron chi connectivity index (χ0n) is 15.4. The molecule has 24 heavy (non-hydrogen) atoms. The monoisotopic (exact) mass is 330 g/mol. The minimum absolute atomic E-state index is 0.129. The third-order valence-corrected chi connectivity index (χ3v) is 4.83. The minimum Gasteiger partial charge on any atom is -0.485 e. The van der Waals surface area contributed by atoms with Crippen molar-refractivity contribution in [3.8, 4) is 11.8 Å². The van der Waals surface area contributed by atoms with Gasteiger partial charge in [0.25, 0.3) is 0 Å². The van der Waals surface area contributed by atoms with E-state index in [0.717, 1.165) is 50.1 Å². The maximum absolute atomic E-state index is 11.0. The predicted octanol–water partition coefficient (Wildman–Crippen LogP) is 4.03. The summed E-state index contributed by atoms with van der Waals surface area (Å²) in [6.07, 6.45) is 3.81. The standard InChI is InChI=1S/C20H30N2O2/c1-5-7-11-22(12-8-6-2)18-16-13-15(14-21)9-10-17(16)24-20(3,4)19(18)23/h9-10,13,18-19,23H,5-8,11-12H2,1-4H3/t18-,19+/m0/s1. The molecule has 0 radical (unpaired) electrons. The number of rotatable bonds is 7. The molecule has 1 N–H and O–H groups in total. The van der Waals surface area contributed by atoms with Gasteiger partial charge in [0.1, 0.15) is 17.5 Å². The van der Waals surface area contributed by atoms with Crippen molar-refractivity contribution in [2.75, 3.05) is 13.1 Å². The van der Waals surface area contributed by atoms with Crippen LogP contribution in [0.25, 0.3) is 0 Å². The Bertz CT molecular complexity index is 584. The number of unbranched alkanes of at least 4 members (excludes halogenated alkanes) is 2. The van der Waals surface area contributed by atoms with Gasteiger partial charge in [-0.15, -0.1) is 0 Å². The first-order valence-corrected chi connectivity index (χ1v) is 9.09. The van der Waals surface area contributed by atoms with Crippen LogP contribution in [0.3, 0.4) is 0 Å². The zero-order valence-corrected chi connectivity index (χ0v) is 15.4. The quantitative estimate of drug-likeness (QED) is 0.820. The van der Waals surface area contributed by atoms with E-state index in [0.29, 0.717) is 5.56 Å². The fourth-order valence-electron chi connectivity index (χ4n) is 3.34. The molecule has 0 spiro atoms. The van der Waals surface area contributed by atoms with Crippen LogP contribution in [0, 0.1) is 11.3 Å². The second-order valence-corrected chi connectivity index (χ2v) is 7.20. The summed E-state index contributed by atoms with van der Waals surface area (Å²) in [6, 6.07) is 7.60. The van der Waals surface area contributed by atoms with Gasteiger partial charge < -0.3 is 9.84 Å². The summed E-state index contributed by atoms with van der Waals surface area (Å²) in [7, 11) is 0.